The molecule has 5 nitrogen and oxygen atoms in total. The van der Waals surface area contributed by atoms with Crippen LogP contribution < -0.4 is 11.1 Å². The second-order valence-corrected chi connectivity index (χ2v) is 3.48. The van der Waals surface area contributed by atoms with E-state index in [9.17, 15) is 9.59 Å². The average Bonchev–Trinajstić information content (AvgIpc) is 2.26. The maximum absolute atomic E-state index is 11.3. The second-order valence-electron chi connectivity index (χ2n) is 3.48. The van der Waals surface area contributed by atoms with E-state index in [1.54, 1.807) is 30.3 Å². The number of hydrogen-bond donors (Lipinski definition) is 3. The molecular weight excluding hydrogens is 208 g/mol. The molecule has 0 spiro atoms. The number of carbonyl (C=O) groups excluding carboxylic acids is 1. The Morgan fingerprint density at radius 2 is 1.88 bits per heavy atom. The smallest absolute Gasteiger partial charge is 0.330 e. The van der Waals surface area contributed by atoms with Crippen LogP contribution in [0.3, 0.4) is 0 Å². The number of rotatable bonds is 4. The minimum atomic E-state index is -1.11. The van der Waals surface area contributed by atoms with E-state index in [2.05, 4.69) is 5.32 Å². The summed E-state index contributed by atoms with van der Waals surface area (Å²) in [4.78, 5) is 22.3. The third kappa shape index (κ3) is 3.06. The maximum Gasteiger partial charge on any atom is 0.330 e. The minimum absolute atomic E-state index is 0.490. The first-order valence-electron chi connectivity index (χ1n) is 4.86. The molecular formula is C11H14N2O3. The molecule has 1 aromatic carbocycles. The Hall–Kier alpha value is -1.88. The third-order valence-electron chi connectivity index (χ3n) is 2.08. The molecule has 1 amide bonds. The van der Waals surface area contributed by atoms with Gasteiger partial charge in [-0.1, -0.05) is 30.3 Å². The fraction of sp³-hybridized carbons (Fsp3) is 0.273. The average molecular weight is 222 g/mol. The topological polar surface area (TPSA) is 92.4 Å². The van der Waals surface area contributed by atoms with Crippen molar-refractivity contribution in [2.45, 2.75) is 19.0 Å². The summed E-state index contributed by atoms with van der Waals surface area (Å²) in [6.07, 6.45) is 0. The first-order chi connectivity index (χ1) is 7.52. The van der Waals surface area contributed by atoms with Crippen molar-refractivity contribution >= 4 is 11.9 Å². The zero-order chi connectivity index (χ0) is 12.1. The van der Waals surface area contributed by atoms with E-state index in [-0.39, 0.29) is 0 Å². The van der Waals surface area contributed by atoms with Gasteiger partial charge in [-0.25, -0.2) is 4.79 Å². The molecule has 4 N–H and O–H groups in total. The molecule has 0 aromatic heterocycles. The number of carbonyl (C=O) groups is 2. The largest absolute Gasteiger partial charge is 0.479 e. The van der Waals surface area contributed by atoms with Gasteiger partial charge in [0.25, 0.3) is 0 Å². The lowest BCUT2D eigenvalue weighted by Gasteiger charge is -2.16. The van der Waals surface area contributed by atoms with Gasteiger partial charge < -0.3 is 16.2 Å². The summed E-state index contributed by atoms with van der Waals surface area (Å²) < 4.78 is 0. The number of benzene rings is 1. The third-order valence-corrected chi connectivity index (χ3v) is 2.08. The summed E-state index contributed by atoms with van der Waals surface area (Å²) in [5, 5.41) is 11.4. The van der Waals surface area contributed by atoms with Gasteiger partial charge in [-0.2, -0.15) is 0 Å². The van der Waals surface area contributed by atoms with Crippen molar-refractivity contribution in [3.8, 4) is 0 Å². The standard InChI is InChI=1S/C11H14N2O3/c1-7(12)10(14)13-9(11(15)16)8-5-3-2-4-6-8/h2-7,9H,12H2,1H3,(H,13,14)(H,15,16)/t7-,9-/m1/s1. The molecule has 5 heteroatoms. The van der Waals surface area contributed by atoms with Crippen molar-refractivity contribution in [2.75, 3.05) is 0 Å². The van der Waals surface area contributed by atoms with Crippen LogP contribution in [0.2, 0.25) is 0 Å². The van der Waals surface area contributed by atoms with Crippen LogP contribution in [0.5, 0.6) is 0 Å². The Bertz CT molecular complexity index is 376. The molecule has 0 heterocycles. The highest BCUT2D eigenvalue weighted by Crippen LogP contribution is 2.12. The number of nitrogens with two attached hydrogens (primary N) is 1. The first kappa shape index (κ1) is 12.2. The zero-order valence-corrected chi connectivity index (χ0v) is 8.88. The van der Waals surface area contributed by atoms with E-state index in [4.69, 9.17) is 10.8 Å². The fourth-order valence-electron chi connectivity index (χ4n) is 1.21. The normalized spacial score (nSPS) is 13.9. The Labute approximate surface area is 93.3 Å². The molecule has 1 aromatic rings. The number of nitrogens with one attached hydrogen (secondary N) is 1. The highest BCUT2D eigenvalue weighted by atomic mass is 16.4. The van der Waals surface area contributed by atoms with E-state index >= 15 is 0 Å². The van der Waals surface area contributed by atoms with Crippen LogP contribution in [-0.2, 0) is 9.59 Å². The van der Waals surface area contributed by atoms with Gasteiger partial charge in [0.1, 0.15) is 0 Å². The van der Waals surface area contributed by atoms with Gasteiger partial charge in [0, 0.05) is 0 Å². The number of hydrogen-bond acceptors (Lipinski definition) is 3. The molecule has 0 aliphatic heterocycles. The van der Waals surface area contributed by atoms with Crippen molar-refractivity contribution in [3.63, 3.8) is 0 Å². The van der Waals surface area contributed by atoms with Crippen LogP contribution in [-0.4, -0.2) is 23.0 Å². The van der Waals surface area contributed by atoms with Gasteiger partial charge >= 0.3 is 5.97 Å². The van der Waals surface area contributed by atoms with Gasteiger partial charge in [-0.05, 0) is 12.5 Å². The summed E-state index contributed by atoms with van der Waals surface area (Å²) in [5.41, 5.74) is 5.88. The molecule has 0 radical (unpaired) electrons. The zero-order valence-electron chi connectivity index (χ0n) is 8.88. The lowest BCUT2D eigenvalue weighted by molar-refractivity contribution is -0.142. The summed E-state index contributed by atoms with van der Waals surface area (Å²) in [5.74, 6) is -1.60. The predicted octanol–water partition coefficient (Wildman–Crippen LogP) is 0.276. The molecule has 2 atom stereocenters. The van der Waals surface area contributed by atoms with Crippen molar-refractivity contribution in [1.29, 1.82) is 0 Å². The van der Waals surface area contributed by atoms with Crippen LogP contribution in [0.1, 0.15) is 18.5 Å². The lowest BCUT2D eigenvalue weighted by Crippen LogP contribution is -2.42. The predicted molar refractivity (Wildman–Crippen MR) is 58.6 cm³/mol. The Kier molecular flexibility index (Phi) is 4.02. The monoisotopic (exact) mass is 222 g/mol. The highest BCUT2D eigenvalue weighted by Gasteiger charge is 2.22. The molecule has 16 heavy (non-hydrogen) atoms. The van der Waals surface area contributed by atoms with Gasteiger partial charge in [0.05, 0.1) is 6.04 Å². The van der Waals surface area contributed by atoms with Crippen LogP contribution in [0, 0.1) is 0 Å². The van der Waals surface area contributed by atoms with E-state index in [0.29, 0.717) is 5.56 Å². The fourth-order valence-corrected chi connectivity index (χ4v) is 1.21. The van der Waals surface area contributed by atoms with Gasteiger partial charge in [-0.15, -0.1) is 0 Å². The lowest BCUT2D eigenvalue weighted by atomic mass is 10.1. The van der Waals surface area contributed by atoms with Gasteiger partial charge in [0.15, 0.2) is 6.04 Å². The van der Waals surface area contributed by atoms with Crippen LogP contribution in [0.15, 0.2) is 30.3 Å². The molecule has 1 rings (SSSR count). The number of aliphatic carboxylic acids is 1. The molecule has 0 bridgehead atoms. The molecule has 0 saturated heterocycles. The molecule has 86 valence electrons. The number of carboxylic acid groups (broad SMARTS) is 1. The van der Waals surface area contributed by atoms with Crippen molar-refractivity contribution < 1.29 is 14.7 Å². The van der Waals surface area contributed by atoms with Crippen molar-refractivity contribution in [3.05, 3.63) is 35.9 Å². The van der Waals surface area contributed by atoms with E-state index in [1.807, 2.05) is 0 Å². The first-order valence-corrected chi connectivity index (χ1v) is 4.86. The van der Waals surface area contributed by atoms with Crippen molar-refractivity contribution in [1.82, 2.24) is 5.32 Å². The maximum atomic E-state index is 11.3. The summed E-state index contributed by atoms with van der Waals surface area (Å²) in [7, 11) is 0. The Morgan fingerprint density at radius 3 is 2.31 bits per heavy atom. The van der Waals surface area contributed by atoms with Gasteiger partial charge in [0.2, 0.25) is 5.91 Å². The van der Waals surface area contributed by atoms with E-state index in [1.165, 1.54) is 6.92 Å². The minimum Gasteiger partial charge on any atom is -0.479 e. The summed E-state index contributed by atoms with van der Waals surface area (Å²) >= 11 is 0. The quantitative estimate of drug-likeness (QED) is 0.682. The van der Waals surface area contributed by atoms with Crippen LogP contribution in [0.25, 0.3) is 0 Å². The highest BCUT2D eigenvalue weighted by molar-refractivity contribution is 5.87. The van der Waals surface area contributed by atoms with Crippen molar-refractivity contribution in [2.24, 2.45) is 5.73 Å². The molecule has 0 unspecified atom stereocenters. The SMILES string of the molecule is C[C@@H](N)C(=O)N[C@@H](C(=O)O)c1ccccc1. The Balaban J connectivity index is 2.85. The molecule has 0 fully saturated rings. The number of carboxylic acids is 1. The van der Waals surface area contributed by atoms with Crippen LogP contribution in [0.4, 0.5) is 0 Å². The van der Waals surface area contributed by atoms with E-state index < -0.39 is 24.0 Å². The molecule has 0 aliphatic carbocycles. The molecule has 0 aliphatic rings. The Morgan fingerprint density at radius 1 is 1.31 bits per heavy atom. The van der Waals surface area contributed by atoms with E-state index in [0.717, 1.165) is 0 Å². The molecule has 0 saturated carbocycles. The summed E-state index contributed by atoms with van der Waals surface area (Å²) in [6, 6.07) is 6.69. The van der Waals surface area contributed by atoms with Gasteiger partial charge in [-0.3, -0.25) is 4.79 Å². The number of amides is 1. The van der Waals surface area contributed by atoms with Crippen LogP contribution >= 0.6 is 0 Å². The second kappa shape index (κ2) is 5.27. The summed E-state index contributed by atoms with van der Waals surface area (Å²) in [6.45, 7) is 1.50.